The van der Waals surface area contributed by atoms with Crippen LogP contribution in [0.25, 0.3) is 5.69 Å². The van der Waals surface area contributed by atoms with E-state index in [2.05, 4.69) is 0 Å². The summed E-state index contributed by atoms with van der Waals surface area (Å²) in [6.45, 7) is 6.17. The van der Waals surface area contributed by atoms with Crippen LogP contribution in [0.2, 0.25) is 5.02 Å². The van der Waals surface area contributed by atoms with Crippen LogP contribution in [0.1, 0.15) is 35.5 Å². The Kier molecular flexibility index (Phi) is 6.46. The molecule has 0 spiro atoms. The quantitative estimate of drug-likeness (QED) is 0.549. The van der Waals surface area contributed by atoms with Crippen LogP contribution in [-0.4, -0.2) is 40.7 Å². The van der Waals surface area contributed by atoms with Gasteiger partial charge in [-0.3, -0.25) is 4.79 Å². The molecule has 2 aromatic carbocycles. The van der Waals surface area contributed by atoms with E-state index in [0.29, 0.717) is 17.1 Å². The molecule has 1 heterocycles. The van der Waals surface area contributed by atoms with E-state index in [0.717, 1.165) is 22.8 Å². The fourth-order valence-electron chi connectivity index (χ4n) is 3.43. The number of benzene rings is 2. The van der Waals surface area contributed by atoms with Gasteiger partial charge in [-0.05, 0) is 57.2 Å². The monoisotopic (exact) mass is 428 g/mol. The predicted octanol–water partition coefficient (Wildman–Crippen LogP) is 5.09. The Bertz CT molecular complexity index is 1060. The molecule has 5 nitrogen and oxygen atoms in total. The second-order valence-corrected chi connectivity index (χ2v) is 8.15. The summed E-state index contributed by atoms with van der Waals surface area (Å²) in [6, 6.07) is 13.2. The molecule has 0 unspecified atom stereocenters. The molecule has 30 heavy (non-hydrogen) atoms. The van der Waals surface area contributed by atoms with Crippen molar-refractivity contribution in [3.63, 3.8) is 0 Å². The molecule has 0 N–H and O–H groups in total. The van der Waals surface area contributed by atoms with Gasteiger partial charge in [0.2, 0.25) is 0 Å². The first-order valence-electron chi connectivity index (χ1n) is 9.77. The minimum absolute atomic E-state index is 0.0790. The van der Waals surface area contributed by atoms with Gasteiger partial charge in [0.25, 0.3) is 5.91 Å². The van der Waals surface area contributed by atoms with Gasteiger partial charge in [0.1, 0.15) is 11.6 Å². The predicted molar refractivity (Wildman–Crippen MR) is 119 cm³/mol. The van der Waals surface area contributed by atoms with E-state index in [1.807, 2.05) is 68.7 Å². The van der Waals surface area contributed by atoms with Crippen LogP contribution in [0.5, 0.6) is 0 Å². The molecule has 7 heteroatoms. The summed E-state index contributed by atoms with van der Waals surface area (Å²) in [7, 11) is 3.88. The zero-order valence-electron chi connectivity index (χ0n) is 17.9. The van der Waals surface area contributed by atoms with Gasteiger partial charge in [-0.25, -0.2) is 9.07 Å². The van der Waals surface area contributed by atoms with Crippen LogP contribution in [0, 0.1) is 12.7 Å². The molecule has 0 saturated carbocycles. The number of amides is 1. The summed E-state index contributed by atoms with van der Waals surface area (Å²) in [5.74, 6) is 0.222. The number of carbonyl (C=O) groups is 1. The molecule has 0 fully saturated rings. The van der Waals surface area contributed by atoms with Crippen molar-refractivity contribution in [1.29, 1.82) is 0 Å². The number of hydrogen-bond donors (Lipinski definition) is 0. The molecule has 0 aliphatic rings. The molecule has 0 saturated heterocycles. The second-order valence-electron chi connectivity index (χ2n) is 7.71. The Hall–Kier alpha value is -2.86. The zero-order chi connectivity index (χ0) is 22.0. The number of aromatic nitrogens is 2. The summed E-state index contributed by atoms with van der Waals surface area (Å²) >= 11 is 6.18. The first kappa shape index (κ1) is 21.8. The van der Waals surface area contributed by atoms with Crippen molar-refractivity contribution in [2.75, 3.05) is 19.0 Å². The molecule has 0 aliphatic carbocycles. The molecule has 0 bridgehead atoms. The van der Waals surface area contributed by atoms with Crippen LogP contribution in [0.15, 0.2) is 48.5 Å². The standard InChI is InChI=1S/C23H26ClFN4O/c1-15(2)28(23(30)17-8-6-10-19(25)12-17)14-21-16(3)26-29(22(21)27(4)5)20-11-7-9-18(24)13-20/h6-13,15H,14H2,1-5H3. The highest BCUT2D eigenvalue weighted by molar-refractivity contribution is 6.30. The first-order valence-corrected chi connectivity index (χ1v) is 10.1. The normalized spacial score (nSPS) is 11.1. The number of carbonyl (C=O) groups excluding carboxylic acids is 1. The smallest absolute Gasteiger partial charge is 0.254 e. The van der Waals surface area contributed by atoms with Gasteiger partial charge in [0.15, 0.2) is 0 Å². The van der Waals surface area contributed by atoms with Gasteiger partial charge >= 0.3 is 0 Å². The van der Waals surface area contributed by atoms with E-state index in [1.165, 1.54) is 12.1 Å². The van der Waals surface area contributed by atoms with E-state index in [9.17, 15) is 9.18 Å². The first-order chi connectivity index (χ1) is 14.2. The lowest BCUT2D eigenvalue weighted by atomic mass is 10.1. The highest BCUT2D eigenvalue weighted by Gasteiger charge is 2.25. The average molecular weight is 429 g/mol. The number of rotatable bonds is 6. The van der Waals surface area contributed by atoms with Crippen LogP contribution < -0.4 is 4.90 Å². The molecular weight excluding hydrogens is 403 g/mol. The molecule has 1 aromatic heterocycles. The summed E-state index contributed by atoms with van der Waals surface area (Å²) in [6.07, 6.45) is 0. The van der Waals surface area contributed by atoms with Gasteiger partial charge in [-0.2, -0.15) is 5.10 Å². The summed E-state index contributed by atoms with van der Waals surface area (Å²) in [4.78, 5) is 16.9. The number of halogens is 2. The van der Waals surface area contributed by atoms with Crippen molar-refractivity contribution in [2.45, 2.75) is 33.4 Å². The average Bonchev–Trinajstić information content (AvgIpc) is 3.01. The van der Waals surface area contributed by atoms with E-state index < -0.39 is 5.82 Å². The summed E-state index contributed by atoms with van der Waals surface area (Å²) in [5, 5.41) is 5.34. The lowest BCUT2D eigenvalue weighted by Crippen LogP contribution is -2.37. The van der Waals surface area contributed by atoms with Gasteiger partial charge in [-0.15, -0.1) is 0 Å². The molecule has 0 aliphatic heterocycles. The Labute approximate surface area is 181 Å². The second kappa shape index (κ2) is 8.88. The zero-order valence-corrected chi connectivity index (χ0v) is 18.6. The maximum absolute atomic E-state index is 13.7. The van der Waals surface area contributed by atoms with Gasteiger partial charge in [0.05, 0.1) is 17.9 Å². The van der Waals surface area contributed by atoms with E-state index in [1.54, 1.807) is 17.0 Å². The van der Waals surface area contributed by atoms with Crippen molar-refractivity contribution >= 4 is 23.3 Å². The SMILES string of the molecule is Cc1nn(-c2cccc(Cl)c2)c(N(C)C)c1CN(C(=O)c1cccc(F)c1)C(C)C. The number of nitrogens with zero attached hydrogens (tertiary/aromatic N) is 4. The lowest BCUT2D eigenvalue weighted by Gasteiger charge is -2.28. The fourth-order valence-corrected chi connectivity index (χ4v) is 3.61. The third-order valence-corrected chi connectivity index (χ3v) is 5.15. The molecule has 0 radical (unpaired) electrons. The van der Waals surface area contributed by atoms with Crippen molar-refractivity contribution in [1.82, 2.24) is 14.7 Å². The number of anilines is 1. The Morgan fingerprint density at radius 1 is 1.17 bits per heavy atom. The van der Waals surface area contributed by atoms with Crippen molar-refractivity contribution < 1.29 is 9.18 Å². The highest BCUT2D eigenvalue weighted by Crippen LogP contribution is 2.29. The van der Waals surface area contributed by atoms with E-state index in [-0.39, 0.29) is 11.9 Å². The minimum atomic E-state index is -0.427. The van der Waals surface area contributed by atoms with Crippen LogP contribution in [0.3, 0.4) is 0 Å². The maximum atomic E-state index is 13.7. The molecule has 3 rings (SSSR count). The molecule has 3 aromatic rings. The van der Waals surface area contributed by atoms with Crippen LogP contribution in [0.4, 0.5) is 10.2 Å². The third kappa shape index (κ3) is 4.49. The molecule has 1 amide bonds. The highest BCUT2D eigenvalue weighted by atomic mass is 35.5. The molecule has 0 atom stereocenters. The van der Waals surface area contributed by atoms with E-state index in [4.69, 9.17) is 16.7 Å². The largest absolute Gasteiger partial charge is 0.362 e. The van der Waals surface area contributed by atoms with Crippen LogP contribution >= 0.6 is 11.6 Å². The van der Waals surface area contributed by atoms with Crippen molar-refractivity contribution in [3.05, 3.63) is 76.2 Å². The molecular formula is C23H26ClFN4O. The van der Waals surface area contributed by atoms with E-state index >= 15 is 0 Å². The van der Waals surface area contributed by atoms with Crippen molar-refractivity contribution in [3.8, 4) is 5.69 Å². The van der Waals surface area contributed by atoms with Gasteiger partial charge in [-0.1, -0.05) is 23.7 Å². The maximum Gasteiger partial charge on any atom is 0.254 e. The number of hydrogen-bond acceptors (Lipinski definition) is 3. The lowest BCUT2D eigenvalue weighted by molar-refractivity contribution is 0.0690. The molecule has 158 valence electrons. The summed E-state index contributed by atoms with van der Waals surface area (Å²) < 4.78 is 15.5. The topological polar surface area (TPSA) is 41.4 Å². The Balaban J connectivity index is 2.04. The third-order valence-electron chi connectivity index (χ3n) is 4.92. The van der Waals surface area contributed by atoms with Gasteiger partial charge in [0, 0.05) is 36.3 Å². The number of aryl methyl sites for hydroxylation is 1. The van der Waals surface area contributed by atoms with Crippen LogP contribution in [-0.2, 0) is 6.54 Å². The van der Waals surface area contributed by atoms with Gasteiger partial charge < -0.3 is 9.80 Å². The Morgan fingerprint density at radius 2 is 1.87 bits per heavy atom. The Morgan fingerprint density at radius 3 is 2.47 bits per heavy atom. The summed E-state index contributed by atoms with van der Waals surface area (Å²) in [5.41, 5.74) is 2.91. The fraction of sp³-hybridized carbons (Fsp3) is 0.304. The van der Waals surface area contributed by atoms with Crippen molar-refractivity contribution in [2.24, 2.45) is 0 Å². The minimum Gasteiger partial charge on any atom is -0.362 e.